The fourth-order valence-corrected chi connectivity index (χ4v) is 1.38. The second-order valence-electron chi connectivity index (χ2n) is 3.39. The van der Waals surface area contributed by atoms with E-state index in [1.165, 1.54) is 0 Å². The molecule has 0 saturated heterocycles. The maximum atomic E-state index is 11.6. The highest BCUT2D eigenvalue weighted by atomic mass is 16.5. The molecule has 1 aliphatic carbocycles. The Morgan fingerprint density at radius 3 is 2.38 bits per heavy atom. The summed E-state index contributed by atoms with van der Waals surface area (Å²) in [5.41, 5.74) is 0. The van der Waals surface area contributed by atoms with Gasteiger partial charge in [0.05, 0.1) is 6.61 Å². The highest BCUT2D eigenvalue weighted by molar-refractivity contribution is 6.01. The Labute approximate surface area is 78.5 Å². The maximum Gasteiger partial charge on any atom is 0.316 e. The van der Waals surface area contributed by atoms with Crippen LogP contribution in [0, 0.1) is 11.8 Å². The molecule has 1 unspecified atom stereocenters. The lowest BCUT2D eigenvalue weighted by Crippen LogP contribution is -2.26. The van der Waals surface area contributed by atoms with Crippen LogP contribution in [0.15, 0.2) is 0 Å². The molecular formula is C10H16O3. The van der Waals surface area contributed by atoms with Crippen molar-refractivity contribution in [2.24, 2.45) is 11.8 Å². The van der Waals surface area contributed by atoms with Crippen LogP contribution >= 0.6 is 0 Å². The van der Waals surface area contributed by atoms with Crippen molar-refractivity contribution >= 4 is 11.8 Å². The molecule has 0 N–H and O–H groups in total. The van der Waals surface area contributed by atoms with Crippen molar-refractivity contribution in [3.63, 3.8) is 0 Å². The summed E-state index contributed by atoms with van der Waals surface area (Å²) in [6, 6.07) is 0. The summed E-state index contributed by atoms with van der Waals surface area (Å²) < 4.78 is 4.83. The van der Waals surface area contributed by atoms with E-state index in [0.717, 1.165) is 12.8 Å². The molecule has 3 nitrogen and oxygen atoms in total. The minimum absolute atomic E-state index is 0.0842. The SMILES string of the molecule is CCOC(=O)C(CC)C(=O)C1CC1. The smallest absolute Gasteiger partial charge is 0.316 e. The van der Waals surface area contributed by atoms with Crippen LogP contribution < -0.4 is 0 Å². The van der Waals surface area contributed by atoms with Crippen molar-refractivity contribution in [2.75, 3.05) is 6.61 Å². The fraction of sp³-hybridized carbons (Fsp3) is 0.800. The first kappa shape index (κ1) is 10.2. The quantitative estimate of drug-likeness (QED) is 0.481. The van der Waals surface area contributed by atoms with Crippen molar-refractivity contribution in [1.82, 2.24) is 0 Å². The summed E-state index contributed by atoms with van der Waals surface area (Å²) in [5, 5.41) is 0. The first-order chi connectivity index (χ1) is 6.20. The molecule has 0 aromatic rings. The molecule has 0 heterocycles. The van der Waals surface area contributed by atoms with Gasteiger partial charge in [0.15, 0.2) is 0 Å². The number of hydrogen-bond donors (Lipinski definition) is 0. The first-order valence-corrected chi connectivity index (χ1v) is 4.91. The van der Waals surface area contributed by atoms with Gasteiger partial charge in [-0.2, -0.15) is 0 Å². The van der Waals surface area contributed by atoms with E-state index in [4.69, 9.17) is 4.74 Å². The van der Waals surface area contributed by atoms with Gasteiger partial charge in [0.2, 0.25) is 0 Å². The molecule has 0 aromatic carbocycles. The average molecular weight is 184 g/mol. The summed E-state index contributed by atoms with van der Waals surface area (Å²) in [7, 11) is 0. The molecule has 1 rings (SSSR count). The second kappa shape index (κ2) is 4.40. The Morgan fingerprint density at radius 1 is 1.38 bits per heavy atom. The molecule has 13 heavy (non-hydrogen) atoms. The van der Waals surface area contributed by atoms with Gasteiger partial charge >= 0.3 is 5.97 Å². The van der Waals surface area contributed by atoms with E-state index in [-0.39, 0.29) is 17.7 Å². The third-order valence-electron chi connectivity index (χ3n) is 2.30. The number of ether oxygens (including phenoxy) is 1. The zero-order valence-electron chi connectivity index (χ0n) is 8.21. The Balaban J connectivity index is 2.49. The molecule has 0 amide bonds. The topological polar surface area (TPSA) is 43.4 Å². The number of ketones is 1. The summed E-state index contributed by atoms with van der Waals surface area (Å²) in [6.45, 7) is 3.96. The number of Topliss-reactive ketones (excluding diaryl/α,β-unsaturated/α-hetero) is 1. The zero-order chi connectivity index (χ0) is 9.84. The van der Waals surface area contributed by atoms with Crippen molar-refractivity contribution in [3.05, 3.63) is 0 Å². The molecule has 3 heteroatoms. The molecule has 0 aliphatic heterocycles. The van der Waals surface area contributed by atoms with E-state index >= 15 is 0 Å². The van der Waals surface area contributed by atoms with E-state index in [9.17, 15) is 9.59 Å². The predicted octanol–water partition coefficient (Wildman–Crippen LogP) is 1.55. The van der Waals surface area contributed by atoms with Gasteiger partial charge in [-0.3, -0.25) is 9.59 Å². The standard InChI is InChI=1S/C10H16O3/c1-3-8(10(12)13-4-2)9(11)7-5-6-7/h7-8H,3-6H2,1-2H3. The zero-order valence-corrected chi connectivity index (χ0v) is 8.21. The number of hydrogen-bond acceptors (Lipinski definition) is 3. The fourth-order valence-electron chi connectivity index (χ4n) is 1.38. The molecule has 1 fully saturated rings. The predicted molar refractivity (Wildman–Crippen MR) is 48.1 cm³/mol. The number of carbonyl (C=O) groups is 2. The first-order valence-electron chi connectivity index (χ1n) is 4.91. The van der Waals surface area contributed by atoms with Crippen LogP contribution in [-0.2, 0) is 14.3 Å². The third-order valence-corrected chi connectivity index (χ3v) is 2.30. The molecular weight excluding hydrogens is 168 g/mol. The minimum Gasteiger partial charge on any atom is -0.465 e. The molecule has 0 aromatic heterocycles. The number of carbonyl (C=O) groups excluding carboxylic acids is 2. The average Bonchev–Trinajstić information content (AvgIpc) is 2.88. The van der Waals surface area contributed by atoms with Crippen LogP contribution in [0.3, 0.4) is 0 Å². The Hall–Kier alpha value is -0.860. The van der Waals surface area contributed by atoms with Crippen molar-refractivity contribution < 1.29 is 14.3 Å². The molecule has 0 radical (unpaired) electrons. The van der Waals surface area contributed by atoms with E-state index in [1.54, 1.807) is 6.92 Å². The lowest BCUT2D eigenvalue weighted by molar-refractivity contribution is -0.152. The molecule has 0 bridgehead atoms. The summed E-state index contributed by atoms with van der Waals surface area (Å²) in [5.74, 6) is -0.621. The van der Waals surface area contributed by atoms with E-state index in [2.05, 4.69) is 0 Å². The Morgan fingerprint density at radius 2 is 2.00 bits per heavy atom. The Bertz CT molecular complexity index is 206. The van der Waals surface area contributed by atoms with Crippen molar-refractivity contribution in [2.45, 2.75) is 33.1 Å². The van der Waals surface area contributed by atoms with E-state index < -0.39 is 5.92 Å². The lowest BCUT2D eigenvalue weighted by Gasteiger charge is -2.11. The number of esters is 1. The van der Waals surface area contributed by atoms with Crippen LogP contribution in [-0.4, -0.2) is 18.4 Å². The summed E-state index contributed by atoms with van der Waals surface area (Å²) in [6.07, 6.45) is 2.47. The van der Waals surface area contributed by atoms with Gasteiger partial charge in [0.1, 0.15) is 11.7 Å². The van der Waals surface area contributed by atoms with Gasteiger partial charge in [0, 0.05) is 5.92 Å². The van der Waals surface area contributed by atoms with Gasteiger partial charge < -0.3 is 4.74 Å². The van der Waals surface area contributed by atoms with Crippen LogP contribution in [0.1, 0.15) is 33.1 Å². The van der Waals surface area contributed by atoms with Gasteiger partial charge in [-0.25, -0.2) is 0 Å². The van der Waals surface area contributed by atoms with Crippen molar-refractivity contribution in [1.29, 1.82) is 0 Å². The highest BCUT2D eigenvalue weighted by Gasteiger charge is 2.37. The van der Waals surface area contributed by atoms with Gasteiger partial charge in [-0.05, 0) is 26.2 Å². The van der Waals surface area contributed by atoms with Gasteiger partial charge in [-0.15, -0.1) is 0 Å². The van der Waals surface area contributed by atoms with Crippen LogP contribution in [0.5, 0.6) is 0 Å². The van der Waals surface area contributed by atoms with Crippen LogP contribution in [0.4, 0.5) is 0 Å². The summed E-state index contributed by atoms with van der Waals surface area (Å²) >= 11 is 0. The van der Waals surface area contributed by atoms with Crippen LogP contribution in [0.25, 0.3) is 0 Å². The summed E-state index contributed by atoms with van der Waals surface area (Å²) in [4.78, 5) is 22.9. The minimum atomic E-state index is -0.507. The van der Waals surface area contributed by atoms with Crippen molar-refractivity contribution in [3.8, 4) is 0 Å². The third kappa shape index (κ3) is 2.54. The van der Waals surface area contributed by atoms with Gasteiger partial charge in [0.25, 0.3) is 0 Å². The Kier molecular flexibility index (Phi) is 3.46. The van der Waals surface area contributed by atoms with Gasteiger partial charge in [-0.1, -0.05) is 6.92 Å². The normalized spacial score (nSPS) is 18.0. The van der Waals surface area contributed by atoms with E-state index in [0.29, 0.717) is 13.0 Å². The molecule has 1 saturated carbocycles. The molecule has 1 aliphatic rings. The van der Waals surface area contributed by atoms with E-state index in [1.807, 2.05) is 6.92 Å². The number of rotatable bonds is 5. The molecule has 1 atom stereocenters. The second-order valence-corrected chi connectivity index (χ2v) is 3.39. The molecule has 74 valence electrons. The monoisotopic (exact) mass is 184 g/mol. The molecule has 0 spiro atoms. The largest absolute Gasteiger partial charge is 0.465 e. The lowest BCUT2D eigenvalue weighted by atomic mass is 9.98. The highest BCUT2D eigenvalue weighted by Crippen LogP contribution is 2.33. The van der Waals surface area contributed by atoms with Crippen LogP contribution in [0.2, 0.25) is 0 Å². The maximum absolute atomic E-state index is 11.6.